The Morgan fingerprint density at radius 1 is 1.65 bits per heavy atom. The van der Waals surface area contributed by atoms with Crippen molar-refractivity contribution in [3.8, 4) is 0 Å². The lowest BCUT2D eigenvalue weighted by atomic mass is 9.83. The van der Waals surface area contributed by atoms with Crippen molar-refractivity contribution in [3.05, 3.63) is 0 Å². The fraction of sp³-hybridized carbons (Fsp3) is 0.818. The molecular weight excluding hydrogens is 222 g/mol. The molecule has 2 aliphatic rings. The molecule has 0 spiro atoms. The Kier molecular flexibility index (Phi) is 3.63. The zero-order valence-electron chi connectivity index (χ0n) is 9.94. The van der Waals surface area contributed by atoms with Gasteiger partial charge in [0.05, 0.1) is 18.1 Å². The van der Waals surface area contributed by atoms with Gasteiger partial charge >= 0.3 is 0 Å². The van der Waals surface area contributed by atoms with Gasteiger partial charge in [0.25, 0.3) is 0 Å². The Bertz CT molecular complexity index is 319. The van der Waals surface area contributed by atoms with E-state index in [1.807, 2.05) is 6.92 Å². The van der Waals surface area contributed by atoms with Gasteiger partial charge in [-0.3, -0.25) is 9.59 Å². The molecule has 2 amide bonds. The molecule has 2 rings (SSSR count). The third kappa shape index (κ3) is 2.58. The quantitative estimate of drug-likeness (QED) is 0.573. The van der Waals surface area contributed by atoms with E-state index in [0.29, 0.717) is 13.2 Å². The Labute approximate surface area is 100 Å². The largest absolute Gasteiger partial charge is 0.376 e. The highest BCUT2D eigenvalue weighted by atomic mass is 16.5. The predicted octanol–water partition coefficient (Wildman–Crippen LogP) is -1.26. The van der Waals surface area contributed by atoms with Gasteiger partial charge in [0.15, 0.2) is 0 Å². The standard InChI is InChI=1S/C11H19N3O3/c1-2-17-8-4-7(12)10(8)14-11(16)6-3-9(15)13-5-6/h6-8,10H,2-5,12H2,1H3,(H,13,15)(H,14,16). The molecule has 1 aliphatic carbocycles. The minimum Gasteiger partial charge on any atom is -0.376 e. The summed E-state index contributed by atoms with van der Waals surface area (Å²) in [6.07, 6.45) is 1.07. The number of hydrogen-bond donors (Lipinski definition) is 3. The summed E-state index contributed by atoms with van der Waals surface area (Å²) >= 11 is 0. The van der Waals surface area contributed by atoms with Crippen LogP contribution in [0.15, 0.2) is 0 Å². The molecule has 0 bridgehead atoms. The highest BCUT2D eigenvalue weighted by molar-refractivity contribution is 5.89. The maximum absolute atomic E-state index is 11.9. The van der Waals surface area contributed by atoms with Crippen LogP contribution < -0.4 is 16.4 Å². The highest BCUT2D eigenvalue weighted by Crippen LogP contribution is 2.23. The molecule has 1 heterocycles. The van der Waals surface area contributed by atoms with E-state index in [0.717, 1.165) is 6.42 Å². The number of rotatable bonds is 4. The molecule has 0 radical (unpaired) electrons. The van der Waals surface area contributed by atoms with E-state index in [-0.39, 0.29) is 42.3 Å². The van der Waals surface area contributed by atoms with Crippen LogP contribution >= 0.6 is 0 Å². The summed E-state index contributed by atoms with van der Waals surface area (Å²) in [7, 11) is 0. The molecule has 2 fully saturated rings. The second-order valence-electron chi connectivity index (χ2n) is 4.63. The lowest BCUT2D eigenvalue weighted by molar-refractivity contribution is -0.130. The monoisotopic (exact) mass is 241 g/mol. The van der Waals surface area contributed by atoms with E-state index >= 15 is 0 Å². The molecule has 0 aromatic carbocycles. The number of hydrogen-bond acceptors (Lipinski definition) is 4. The van der Waals surface area contributed by atoms with E-state index in [1.165, 1.54) is 0 Å². The number of amides is 2. The second kappa shape index (κ2) is 5.01. The SMILES string of the molecule is CCOC1CC(N)C1NC(=O)C1CNC(=O)C1. The summed E-state index contributed by atoms with van der Waals surface area (Å²) in [6, 6.07) is -0.154. The van der Waals surface area contributed by atoms with E-state index in [4.69, 9.17) is 10.5 Å². The molecule has 6 nitrogen and oxygen atoms in total. The Balaban J connectivity index is 1.83. The molecular formula is C11H19N3O3. The number of nitrogens with one attached hydrogen (secondary N) is 2. The summed E-state index contributed by atoms with van der Waals surface area (Å²) in [5.41, 5.74) is 5.84. The third-order valence-corrected chi connectivity index (χ3v) is 3.40. The van der Waals surface area contributed by atoms with Gasteiger partial charge in [-0.25, -0.2) is 0 Å². The van der Waals surface area contributed by atoms with Gasteiger partial charge in [-0.15, -0.1) is 0 Å². The molecule has 1 saturated carbocycles. The minimum atomic E-state index is -0.266. The number of carbonyl (C=O) groups excluding carboxylic acids is 2. The lowest BCUT2D eigenvalue weighted by Crippen LogP contribution is -2.65. The minimum absolute atomic E-state index is 0.0176. The van der Waals surface area contributed by atoms with Crippen LogP contribution in [0, 0.1) is 5.92 Å². The number of nitrogens with two attached hydrogens (primary N) is 1. The van der Waals surface area contributed by atoms with Crippen molar-refractivity contribution < 1.29 is 14.3 Å². The zero-order valence-corrected chi connectivity index (χ0v) is 9.94. The van der Waals surface area contributed by atoms with Crippen LogP contribution in [-0.2, 0) is 14.3 Å². The van der Waals surface area contributed by atoms with Crippen LogP contribution in [-0.4, -0.2) is 43.2 Å². The first-order valence-corrected chi connectivity index (χ1v) is 6.06. The maximum atomic E-state index is 11.9. The lowest BCUT2D eigenvalue weighted by Gasteiger charge is -2.42. The fourth-order valence-electron chi connectivity index (χ4n) is 2.30. The fourth-order valence-corrected chi connectivity index (χ4v) is 2.30. The summed E-state index contributed by atoms with van der Waals surface area (Å²) < 4.78 is 5.47. The van der Waals surface area contributed by atoms with Crippen LogP contribution in [0.5, 0.6) is 0 Å². The predicted molar refractivity (Wildman–Crippen MR) is 61.1 cm³/mol. The normalized spacial score (nSPS) is 36.2. The first-order chi connectivity index (χ1) is 8.11. The summed E-state index contributed by atoms with van der Waals surface area (Å²) in [5.74, 6) is -0.435. The first-order valence-electron chi connectivity index (χ1n) is 6.06. The van der Waals surface area contributed by atoms with Crippen LogP contribution in [0.25, 0.3) is 0 Å². The molecule has 1 aliphatic heterocycles. The summed E-state index contributed by atoms with van der Waals surface area (Å²) in [4.78, 5) is 22.9. The summed E-state index contributed by atoms with van der Waals surface area (Å²) in [5, 5.41) is 5.53. The van der Waals surface area contributed by atoms with Gasteiger partial charge in [0.1, 0.15) is 0 Å². The Hall–Kier alpha value is -1.14. The molecule has 4 atom stereocenters. The smallest absolute Gasteiger partial charge is 0.225 e. The molecule has 17 heavy (non-hydrogen) atoms. The molecule has 6 heteroatoms. The van der Waals surface area contributed by atoms with Crippen molar-refractivity contribution in [1.29, 1.82) is 0 Å². The number of ether oxygens (including phenoxy) is 1. The first kappa shape index (κ1) is 12.3. The molecule has 0 aromatic rings. The van der Waals surface area contributed by atoms with Crippen LogP contribution in [0.1, 0.15) is 19.8 Å². The van der Waals surface area contributed by atoms with Gasteiger partial charge in [0, 0.05) is 25.6 Å². The zero-order chi connectivity index (χ0) is 12.4. The van der Waals surface area contributed by atoms with Crippen molar-refractivity contribution in [3.63, 3.8) is 0 Å². The average molecular weight is 241 g/mol. The number of carbonyl (C=O) groups is 2. The van der Waals surface area contributed by atoms with Gasteiger partial charge in [-0.2, -0.15) is 0 Å². The Morgan fingerprint density at radius 2 is 2.41 bits per heavy atom. The van der Waals surface area contributed by atoms with Gasteiger partial charge in [-0.05, 0) is 13.3 Å². The topological polar surface area (TPSA) is 93.4 Å². The Morgan fingerprint density at radius 3 is 2.94 bits per heavy atom. The molecule has 96 valence electrons. The second-order valence-corrected chi connectivity index (χ2v) is 4.63. The third-order valence-electron chi connectivity index (χ3n) is 3.40. The van der Waals surface area contributed by atoms with E-state index in [9.17, 15) is 9.59 Å². The van der Waals surface area contributed by atoms with E-state index in [1.54, 1.807) is 0 Å². The van der Waals surface area contributed by atoms with Gasteiger partial charge in [-0.1, -0.05) is 0 Å². The van der Waals surface area contributed by atoms with Crippen molar-refractivity contribution in [1.82, 2.24) is 10.6 Å². The molecule has 0 aromatic heterocycles. The summed E-state index contributed by atoms with van der Waals surface area (Å²) in [6.45, 7) is 2.96. The van der Waals surface area contributed by atoms with E-state index in [2.05, 4.69) is 10.6 Å². The van der Waals surface area contributed by atoms with Crippen LogP contribution in [0.2, 0.25) is 0 Å². The molecule has 4 N–H and O–H groups in total. The van der Waals surface area contributed by atoms with Crippen molar-refractivity contribution in [2.75, 3.05) is 13.2 Å². The molecule has 4 unspecified atom stereocenters. The van der Waals surface area contributed by atoms with Crippen molar-refractivity contribution in [2.24, 2.45) is 11.7 Å². The van der Waals surface area contributed by atoms with Crippen molar-refractivity contribution in [2.45, 2.75) is 38.0 Å². The average Bonchev–Trinajstić information content (AvgIpc) is 2.72. The van der Waals surface area contributed by atoms with Crippen LogP contribution in [0.4, 0.5) is 0 Å². The maximum Gasteiger partial charge on any atom is 0.225 e. The van der Waals surface area contributed by atoms with Gasteiger partial charge in [0.2, 0.25) is 11.8 Å². The van der Waals surface area contributed by atoms with Gasteiger partial charge < -0.3 is 21.1 Å². The molecule has 1 saturated heterocycles. The van der Waals surface area contributed by atoms with Crippen LogP contribution in [0.3, 0.4) is 0 Å². The van der Waals surface area contributed by atoms with Crippen molar-refractivity contribution >= 4 is 11.8 Å². The van der Waals surface area contributed by atoms with E-state index < -0.39 is 0 Å². The highest BCUT2D eigenvalue weighted by Gasteiger charge is 2.41.